The molecule has 0 fully saturated rings. The Morgan fingerprint density at radius 2 is 1.90 bits per heavy atom. The zero-order valence-corrected chi connectivity index (χ0v) is 12.2. The number of Topliss-reactive ketones (excluding diaryl/α,β-unsaturated/α-hetero) is 1. The van der Waals surface area contributed by atoms with E-state index >= 15 is 0 Å². The van der Waals surface area contributed by atoms with Gasteiger partial charge in [0.25, 0.3) is 0 Å². The van der Waals surface area contributed by atoms with Gasteiger partial charge in [0, 0.05) is 10.6 Å². The van der Waals surface area contributed by atoms with E-state index in [1.165, 1.54) is 0 Å². The molecule has 2 aromatic rings. The van der Waals surface area contributed by atoms with Crippen molar-refractivity contribution in [3.05, 3.63) is 69.2 Å². The molecule has 0 amide bonds. The van der Waals surface area contributed by atoms with Crippen molar-refractivity contribution in [1.82, 2.24) is 0 Å². The van der Waals surface area contributed by atoms with E-state index in [1.54, 1.807) is 36.4 Å². The number of hydrogen-bond acceptors (Lipinski definition) is 2. The van der Waals surface area contributed by atoms with Gasteiger partial charge in [-0.2, -0.15) is 5.26 Å². The third kappa shape index (κ3) is 2.85. The number of ketones is 1. The van der Waals surface area contributed by atoms with Gasteiger partial charge in [0.15, 0.2) is 5.78 Å². The van der Waals surface area contributed by atoms with Crippen molar-refractivity contribution in [1.29, 1.82) is 5.26 Å². The molecule has 0 aliphatic carbocycles. The van der Waals surface area contributed by atoms with Crippen LogP contribution in [0.15, 0.2) is 42.5 Å². The summed E-state index contributed by atoms with van der Waals surface area (Å²) in [6.07, 6.45) is 0. The maximum absolute atomic E-state index is 12.5. The molecule has 0 saturated carbocycles. The Balaban J connectivity index is 2.45. The molecule has 4 heteroatoms. The van der Waals surface area contributed by atoms with Gasteiger partial charge in [-0.1, -0.05) is 47.5 Å². The highest BCUT2D eigenvalue weighted by atomic mass is 35.5. The van der Waals surface area contributed by atoms with Crippen LogP contribution < -0.4 is 0 Å². The first-order valence-electron chi connectivity index (χ1n) is 5.99. The number of nitrogens with zero attached hydrogens (tertiary/aromatic N) is 1. The molecule has 0 N–H and O–H groups in total. The predicted molar refractivity (Wildman–Crippen MR) is 80.3 cm³/mol. The summed E-state index contributed by atoms with van der Waals surface area (Å²) in [5.74, 6) is -1.23. The number of benzene rings is 2. The zero-order valence-electron chi connectivity index (χ0n) is 10.7. The molecule has 20 heavy (non-hydrogen) atoms. The third-order valence-electron chi connectivity index (χ3n) is 3.03. The molecule has 1 unspecified atom stereocenters. The average molecular weight is 304 g/mol. The maximum Gasteiger partial charge on any atom is 0.185 e. The molecule has 1 atom stereocenters. The van der Waals surface area contributed by atoms with Gasteiger partial charge in [0.05, 0.1) is 11.1 Å². The van der Waals surface area contributed by atoms with Gasteiger partial charge in [-0.3, -0.25) is 4.79 Å². The molecule has 0 aliphatic heterocycles. The van der Waals surface area contributed by atoms with Crippen LogP contribution in [0.25, 0.3) is 0 Å². The van der Waals surface area contributed by atoms with Crippen LogP contribution in [0.2, 0.25) is 10.0 Å². The summed E-state index contributed by atoms with van der Waals surface area (Å²) < 4.78 is 0. The Kier molecular flexibility index (Phi) is 4.44. The number of rotatable bonds is 3. The molecule has 0 bridgehead atoms. The van der Waals surface area contributed by atoms with E-state index in [4.69, 9.17) is 23.2 Å². The third-order valence-corrected chi connectivity index (χ3v) is 3.77. The topological polar surface area (TPSA) is 40.9 Å². The molecule has 0 radical (unpaired) electrons. The average Bonchev–Trinajstić information content (AvgIpc) is 2.42. The lowest BCUT2D eigenvalue weighted by Crippen LogP contribution is -2.12. The Labute approximate surface area is 127 Å². The maximum atomic E-state index is 12.5. The van der Waals surface area contributed by atoms with E-state index < -0.39 is 5.92 Å². The van der Waals surface area contributed by atoms with E-state index in [2.05, 4.69) is 0 Å². The van der Waals surface area contributed by atoms with Gasteiger partial charge in [-0.25, -0.2) is 0 Å². The summed E-state index contributed by atoms with van der Waals surface area (Å²) >= 11 is 12.1. The second-order valence-electron chi connectivity index (χ2n) is 4.42. The van der Waals surface area contributed by atoms with Crippen LogP contribution in [0.1, 0.15) is 27.4 Å². The van der Waals surface area contributed by atoms with Gasteiger partial charge in [0.1, 0.15) is 5.92 Å². The van der Waals surface area contributed by atoms with Crippen molar-refractivity contribution in [2.45, 2.75) is 12.8 Å². The lowest BCUT2D eigenvalue weighted by atomic mass is 9.91. The highest BCUT2D eigenvalue weighted by Crippen LogP contribution is 2.28. The molecule has 0 aliphatic rings. The lowest BCUT2D eigenvalue weighted by molar-refractivity contribution is 0.0979. The van der Waals surface area contributed by atoms with Crippen LogP contribution in [0.5, 0.6) is 0 Å². The number of aryl methyl sites for hydroxylation is 1. The fraction of sp³-hybridized carbons (Fsp3) is 0.125. The quantitative estimate of drug-likeness (QED) is 0.765. The Bertz CT molecular complexity index is 704. The Morgan fingerprint density at radius 3 is 2.55 bits per heavy atom. The van der Waals surface area contributed by atoms with Gasteiger partial charge < -0.3 is 0 Å². The van der Waals surface area contributed by atoms with Crippen LogP contribution in [-0.2, 0) is 0 Å². The minimum atomic E-state index is -0.909. The zero-order chi connectivity index (χ0) is 14.7. The smallest absolute Gasteiger partial charge is 0.185 e. The molecular weight excluding hydrogens is 293 g/mol. The molecule has 0 aromatic heterocycles. The second kappa shape index (κ2) is 6.09. The molecule has 0 heterocycles. The standard InChI is InChI=1S/C16H11Cl2NO/c1-10-4-2-7-13(15(10)18)16(20)14(9-19)11-5-3-6-12(17)8-11/h2-8,14H,1H3. The van der Waals surface area contributed by atoms with Crippen LogP contribution >= 0.6 is 23.2 Å². The molecule has 2 aromatic carbocycles. The fourth-order valence-electron chi connectivity index (χ4n) is 1.96. The van der Waals surface area contributed by atoms with Gasteiger partial charge in [-0.15, -0.1) is 0 Å². The van der Waals surface area contributed by atoms with Crippen molar-refractivity contribution in [3.8, 4) is 6.07 Å². The van der Waals surface area contributed by atoms with Crippen LogP contribution in [0, 0.1) is 18.3 Å². The van der Waals surface area contributed by atoms with Crippen molar-refractivity contribution in [2.24, 2.45) is 0 Å². The van der Waals surface area contributed by atoms with Gasteiger partial charge in [0.2, 0.25) is 0 Å². The number of carbonyl (C=O) groups excluding carboxylic acids is 1. The van der Waals surface area contributed by atoms with E-state index in [0.29, 0.717) is 21.2 Å². The molecule has 2 nitrogen and oxygen atoms in total. The van der Waals surface area contributed by atoms with Crippen LogP contribution in [0.3, 0.4) is 0 Å². The molecule has 0 spiro atoms. The van der Waals surface area contributed by atoms with E-state index in [-0.39, 0.29) is 5.78 Å². The largest absolute Gasteiger partial charge is 0.292 e. The van der Waals surface area contributed by atoms with Crippen molar-refractivity contribution in [3.63, 3.8) is 0 Å². The van der Waals surface area contributed by atoms with Crippen molar-refractivity contribution >= 4 is 29.0 Å². The fourth-order valence-corrected chi connectivity index (χ4v) is 2.38. The summed E-state index contributed by atoms with van der Waals surface area (Å²) in [6, 6.07) is 14.0. The number of carbonyl (C=O) groups is 1. The summed E-state index contributed by atoms with van der Waals surface area (Å²) in [5.41, 5.74) is 1.74. The predicted octanol–water partition coefficient (Wildman–Crippen LogP) is 4.79. The normalized spacial score (nSPS) is 11.7. The summed E-state index contributed by atoms with van der Waals surface area (Å²) in [4.78, 5) is 12.5. The number of nitriles is 1. The molecule has 2 rings (SSSR count). The molecule has 100 valence electrons. The van der Waals surface area contributed by atoms with E-state index in [0.717, 1.165) is 5.56 Å². The highest BCUT2D eigenvalue weighted by Gasteiger charge is 2.24. The SMILES string of the molecule is Cc1cccc(C(=O)C(C#N)c2cccc(Cl)c2)c1Cl. The monoisotopic (exact) mass is 303 g/mol. The molecular formula is C16H11Cl2NO. The summed E-state index contributed by atoms with van der Waals surface area (Å²) in [6.45, 7) is 1.82. The first-order valence-corrected chi connectivity index (χ1v) is 6.74. The van der Waals surface area contributed by atoms with E-state index in [9.17, 15) is 10.1 Å². The first-order chi connectivity index (χ1) is 9.54. The van der Waals surface area contributed by atoms with Gasteiger partial charge in [-0.05, 0) is 36.2 Å². The first kappa shape index (κ1) is 14.6. The van der Waals surface area contributed by atoms with Crippen molar-refractivity contribution < 1.29 is 4.79 Å². The van der Waals surface area contributed by atoms with Crippen LogP contribution in [0.4, 0.5) is 0 Å². The van der Waals surface area contributed by atoms with Gasteiger partial charge >= 0.3 is 0 Å². The lowest BCUT2D eigenvalue weighted by Gasteiger charge is -2.11. The Morgan fingerprint density at radius 1 is 1.20 bits per heavy atom. The summed E-state index contributed by atoms with van der Waals surface area (Å²) in [7, 11) is 0. The Hall–Kier alpha value is -1.82. The minimum absolute atomic E-state index is 0.316. The number of hydrogen-bond donors (Lipinski definition) is 0. The van der Waals surface area contributed by atoms with E-state index in [1.807, 2.05) is 19.1 Å². The number of halogens is 2. The molecule has 0 saturated heterocycles. The van der Waals surface area contributed by atoms with Crippen molar-refractivity contribution in [2.75, 3.05) is 0 Å². The van der Waals surface area contributed by atoms with Crippen LogP contribution in [-0.4, -0.2) is 5.78 Å². The second-order valence-corrected chi connectivity index (χ2v) is 5.23. The summed E-state index contributed by atoms with van der Waals surface area (Å²) in [5, 5.41) is 10.2. The minimum Gasteiger partial charge on any atom is -0.292 e. The highest BCUT2D eigenvalue weighted by molar-refractivity contribution is 6.35.